The molecule has 0 saturated heterocycles. The van der Waals surface area contributed by atoms with Gasteiger partial charge in [-0.1, -0.05) is 51.0 Å². The predicted molar refractivity (Wildman–Crippen MR) is 115 cm³/mol. The molecule has 0 unspecified atom stereocenters. The highest BCUT2D eigenvalue weighted by molar-refractivity contribution is 5.79. The largest absolute Gasteiger partial charge is 0.388 e. The van der Waals surface area contributed by atoms with E-state index in [1.54, 1.807) is 0 Å². The van der Waals surface area contributed by atoms with E-state index in [1.165, 1.54) is 11.3 Å². The van der Waals surface area contributed by atoms with Gasteiger partial charge in [-0.2, -0.15) is 0 Å². The Balaban J connectivity index is 1.93. The third-order valence-electron chi connectivity index (χ3n) is 4.90. The number of aliphatic hydroxyl groups is 1. The average molecular weight is 373 g/mol. The Hall–Kier alpha value is -2.01. The van der Waals surface area contributed by atoms with Gasteiger partial charge in [0.2, 0.25) is 0 Å². The first-order valence-corrected chi connectivity index (χ1v) is 10.3. The van der Waals surface area contributed by atoms with Crippen LogP contribution in [0.2, 0.25) is 0 Å². The number of aliphatic imine (C=N–C) groups is 1. The summed E-state index contributed by atoms with van der Waals surface area (Å²) >= 11 is 0. The molecular weight excluding hydrogens is 336 g/mol. The Morgan fingerprint density at radius 1 is 1.04 bits per heavy atom. The lowest BCUT2D eigenvalue weighted by Gasteiger charge is -2.28. The summed E-state index contributed by atoms with van der Waals surface area (Å²) in [5, 5.41) is 17.4. The first kappa shape index (κ1) is 21.3. The van der Waals surface area contributed by atoms with Gasteiger partial charge in [0.15, 0.2) is 5.96 Å². The molecule has 1 aromatic rings. The van der Waals surface area contributed by atoms with Gasteiger partial charge in [0.25, 0.3) is 0 Å². The van der Waals surface area contributed by atoms with Crippen LogP contribution in [0, 0.1) is 0 Å². The molecule has 5 heteroatoms. The molecule has 1 aromatic carbocycles. The number of hydrogen-bond acceptors (Lipinski definition) is 3. The number of nitrogens with one attached hydrogen (secondary N) is 2. The Labute approximate surface area is 164 Å². The van der Waals surface area contributed by atoms with Gasteiger partial charge in [-0.05, 0) is 37.5 Å². The highest BCUT2D eigenvalue weighted by Gasteiger charge is 2.24. The van der Waals surface area contributed by atoms with Gasteiger partial charge < -0.3 is 20.6 Å². The molecule has 0 amide bonds. The van der Waals surface area contributed by atoms with Crippen LogP contribution in [0.3, 0.4) is 0 Å². The first-order valence-electron chi connectivity index (χ1n) is 10.3. The summed E-state index contributed by atoms with van der Waals surface area (Å²) in [6.45, 7) is 10.2. The number of hydrogen-bond donors (Lipinski definition) is 3. The van der Waals surface area contributed by atoms with Gasteiger partial charge >= 0.3 is 0 Å². The van der Waals surface area contributed by atoms with Crippen molar-refractivity contribution in [3.8, 4) is 0 Å². The van der Waals surface area contributed by atoms with Crippen LogP contribution >= 0.6 is 0 Å². The van der Waals surface area contributed by atoms with Crippen molar-refractivity contribution < 1.29 is 5.11 Å². The van der Waals surface area contributed by atoms with Gasteiger partial charge in [-0.15, -0.1) is 0 Å². The summed E-state index contributed by atoms with van der Waals surface area (Å²) in [7, 11) is 0. The molecule has 0 bridgehead atoms. The van der Waals surface area contributed by atoms with Crippen molar-refractivity contribution >= 4 is 11.6 Å². The zero-order valence-corrected chi connectivity index (χ0v) is 17.2. The van der Waals surface area contributed by atoms with E-state index in [0.29, 0.717) is 13.1 Å². The number of rotatable bonds is 10. The Kier molecular flexibility index (Phi) is 8.65. The Morgan fingerprint density at radius 3 is 2.22 bits per heavy atom. The lowest BCUT2D eigenvalue weighted by atomic mass is 9.93. The van der Waals surface area contributed by atoms with E-state index in [0.717, 1.165) is 51.3 Å². The van der Waals surface area contributed by atoms with Gasteiger partial charge in [0, 0.05) is 31.9 Å². The van der Waals surface area contributed by atoms with Crippen LogP contribution in [-0.2, 0) is 6.54 Å². The van der Waals surface area contributed by atoms with Gasteiger partial charge in [0.1, 0.15) is 0 Å². The van der Waals surface area contributed by atoms with Crippen LogP contribution in [0.25, 0.3) is 0 Å². The molecule has 5 nitrogen and oxygen atoms in total. The molecule has 0 saturated carbocycles. The van der Waals surface area contributed by atoms with Crippen molar-refractivity contribution in [2.24, 2.45) is 4.99 Å². The van der Waals surface area contributed by atoms with E-state index in [-0.39, 0.29) is 0 Å². The van der Waals surface area contributed by atoms with Crippen molar-refractivity contribution in [1.29, 1.82) is 0 Å². The standard InChI is InChI=1S/C22H36N4O/c1-4-13-22(27,14-5-2)18-25-21(23-6-3)24-17-19-9-11-20(12-10-19)26-15-7-8-16-26/h7-12,27H,4-6,13-18H2,1-3H3,(H2,23,24,25). The van der Waals surface area contributed by atoms with Crippen LogP contribution in [-0.4, -0.2) is 42.8 Å². The maximum absolute atomic E-state index is 10.8. The first-order chi connectivity index (χ1) is 13.1. The smallest absolute Gasteiger partial charge is 0.191 e. The van der Waals surface area contributed by atoms with E-state index >= 15 is 0 Å². The maximum Gasteiger partial charge on any atom is 0.191 e. The second kappa shape index (κ2) is 11.0. The number of benzene rings is 1. The predicted octanol–water partition coefficient (Wildman–Crippen LogP) is 3.45. The Bertz CT molecular complexity index is 595. The molecule has 0 radical (unpaired) electrons. The van der Waals surface area contributed by atoms with E-state index < -0.39 is 5.60 Å². The summed E-state index contributed by atoms with van der Waals surface area (Å²) in [4.78, 5) is 7.03. The minimum absolute atomic E-state index is 0.529. The molecular formula is C22H36N4O. The fourth-order valence-corrected chi connectivity index (χ4v) is 3.49. The van der Waals surface area contributed by atoms with Crippen LogP contribution in [0.15, 0.2) is 41.4 Å². The molecule has 1 heterocycles. The van der Waals surface area contributed by atoms with E-state index in [2.05, 4.69) is 72.7 Å². The molecule has 0 aromatic heterocycles. The van der Waals surface area contributed by atoms with Crippen molar-refractivity contribution in [1.82, 2.24) is 10.6 Å². The normalized spacial score (nSPS) is 14.7. The molecule has 0 spiro atoms. The monoisotopic (exact) mass is 372 g/mol. The van der Waals surface area contributed by atoms with Crippen LogP contribution in [0.5, 0.6) is 0 Å². The zero-order chi connectivity index (χ0) is 19.5. The van der Waals surface area contributed by atoms with E-state index in [1.807, 2.05) is 0 Å². The Morgan fingerprint density at radius 2 is 1.67 bits per heavy atom. The topological polar surface area (TPSA) is 59.9 Å². The lowest BCUT2D eigenvalue weighted by molar-refractivity contribution is 0.0257. The van der Waals surface area contributed by atoms with Gasteiger partial charge in [-0.25, -0.2) is 4.99 Å². The fourth-order valence-electron chi connectivity index (χ4n) is 3.49. The molecule has 1 aliphatic heterocycles. The second-order valence-electron chi connectivity index (χ2n) is 7.32. The molecule has 3 N–H and O–H groups in total. The van der Waals surface area contributed by atoms with Crippen molar-refractivity contribution in [3.05, 3.63) is 42.0 Å². The highest BCUT2D eigenvalue weighted by Crippen LogP contribution is 2.19. The molecule has 1 aliphatic rings. The van der Waals surface area contributed by atoms with E-state index in [4.69, 9.17) is 4.99 Å². The average Bonchev–Trinajstić information content (AvgIpc) is 3.20. The van der Waals surface area contributed by atoms with Crippen molar-refractivity contribution in [2.75, 3.05) is 31.1 Å². The minimum atomic E-state index is -0.662. The third-order valence-corrected chi connectivity index (χ3v) is 4.90. The molecule has 0 aliphatic carbocycles. The number of anilines is 1. The van der Waals surface area contributed by atoms with Crippen molar-refractivity contribution in [3.63, 3.8) is 0 Å². The van der Waals surface area contributed by atoms with Gasteiger partial charge in [-0.3, -0.25) is 0 Å². The molecule has 0 atom stereocenters. The number of guanidine groups is 1. The summed E-state index contributed by atoms with van der Waals surface area (Å²) < 4.78 is 0. The van der Waals surface area contributed by atoms with Gasteiger partial charge in [0.05, 0.1) is 12.1 Å². The molecule has 0 fully saturated rings. The number of nitrogens with zero attached hydrogens (tertiary/aromatic N) is 2. The summed E-state index contributed by atoms with van der Waals surface area (Å²) in [5.41, 5.74) is 1.77. The highest BCUT2D eigenvalue weighted by atomic mass is 16.3. The van der Waals surface area contributed by atoms with Crippen LogP contribution < -0.4 is 15.5 Å². The fraction of sp³-hybridized carbons (Fsp3) is 0.591. The SMILES string of the molecule is CCCC(O)(CCC)CNC(=NCc1ccc(N2CC=CC2)cc1)NCC. The molecule has 27 heavy (non-hydrogen) atoms. The summed E-state index contributed by atoms with van der Waals surface area (Å²) in [6.07, 6.45) is 7.96. The van der Waals surface area contributed by atoms with Crippen LogP contribution in [0.1, 0.15) is 52.0 Å². The summed E-state index contributed by atoms with van der Waals surface area (Å²) in [5.74, 6) is 0.760. The quantitative estimate of drug-likeness (QED) is 0.334. The molecule has 150 valence electrons. The van der Waals surface area contributed by atoms with Crippen LogP contribution in [0.4, 0.5) is 5.69 Å². The molecule has 2 rings (SSSR count). The summed E-state index contributed by atoms with van der Waals surface area (Å²) in [6, 6.07) is 8.62. The van der Waals surface area contributed by atoms with Crippen molar-refractivity contribution in [2.45, 2.75) is 58.6 Å². The third kappa shape index (κ3) is 6.90. The second-order valence-corrected chi connectivity index (χ2v) is 7.32. The minimum Gasteiger partial charge on any atom is -0.388 e. The maximum atomic E-state index is 10.8. The van der Waals surface area contributed by atoms with E-state index in [9.17, 15) is 5.11 Å². The lowest BCUT2D eigenvalue weighted by Crippen LogP contribution is -2.47. The zero-order valence-electron chi connectivity index (χ0n) is 17.2.